The van der Waals surface area contributed by atoms with E-state index < -0.39 is 12.2 Å². The molecule has 0 saturated carbocycles. The first-order valence-corrected chi connectivity index (χ1v) is 7.95. The third-order valence-electron chi connectivity index (χ3n) is 3.55. The van der Waals surface area contributed by atoms with Gasteiger partial charge >= 0.3 is 6.55 Å². The summed E-state index contributed by atoms with van der Waals surface area (Å²) in [6.45, 7) is 3.33. The van der Waals surface area contributed by atoms with Crippen molar-refractivity contribution in [3.05, 3.63) is 41.9 Å². The van der Waals surface area contributed by atoms with Gasteiger partial charge in [-0.2, -0.15) is 8.78 Å². The maximum absolute atomic E-state index is 12.8. The summed E-state index contributed by atoms with van der Waals surface area (Å²) in [5.41, 5.74) is -1.24. The molecule has 2 heterocycles. The van der Waals surface area contributed by atoms with Crippen LogP contribution < -0.4 is 10.6 Å². The molecule has 2 aromatic rings. The minimum Gasteiger partial charge on any atom is -0.463 e. The average molecular weight is 483 g/mol. The summed E-state index contributed by atoms with van der Waals surface area (Å²) in [5.74, 6) is 1.67. The minimum absolute atomic E-state index is 0. The quantitative estimate of drug-likeness (QED) is 0.321. The number of halogens is 3. The molecular weight excluding hydrogens is 459 g/mol. The summed E-state index contributed by atoms with van der Waals surface area (Å²) in [6, 6.07) is 3.48. The van der Waals surface area contributed by atoms with E-state index in [0.29, 0.717) is 24.0 Å². The van der Waals surface area contributed by atoms with Crippen molar-refractivity contribution < 1.29 is 18.3 Å². The van der Waals surface area contributed by atoms with E-state index in [-0.39, 0.29) is 42.9 Å². The molecule has 0 aromatic carbocycles. The van der Waals surface area contributed by atoms with Crippen LogP contribution in [0.2, 0.25) is 0 Å². The van der Waals surface area contributed by atoms with Crippen molar-refractivity contribution >= 4 is 29.9 Å². The fraction of sp³-hybridized carbons (Fsp3) is 0.500. The molecule has 0 fully saturated rings. The Morgan fingerprint density at radius 2 is 2.15 bits per heavy atom. The molecule has 3 N–H and O–H groups in total. The number of nitrogens with zero attached hydrogens (tertiary/aromatic N) is 3. The third kappa shape index (κ3) is 5.94. The Morgan fingerprint density at radius 1 is 1.42 bits per heavy atom. The predicted molar refractivity (Wildman–Crippen MR) is 105 cm³/mol. The highest BCUT2D eigenvalue weighted by Gasteiger charge is 2.27. The predicted octanol–water partition coefficient (Wildman–Crippen LogP) is 2.76. The molecule has 0 aliphatic rings. The third-order valence-corrected chi connectivity index (χ3v) is 3.55. The number of hydrogen-bond acceptors (Lipinski definition) is 4. The number of imidazole rings is 1. The molecule has 10 heteroatoms. The van der Waals surface area contributed by atoms with Crippen molar-refractivity contribution in [3.8, 4) is 0 Å². The highest BCUT2D eigenvalue weighted by Crippen LogP contribution is 2.21. The standard InChI is InChI=1S/C16H23F2N5O2.HI/c1-4-19-15(21-9-13-20-7-8-23(13)14(17)18)22-10-16(3,24)12-6-5-11(2)25-12;/h5-8,14,24H,4,9-10H2,1-3H3,(H2,19,21,22);1H. The number of aromatic nitrogens is 2. The first-order valence-electron chi connectivity index (χ1n) is 7.95. The first kappa shape index (κ1) is 22.4. The summed E-state index contributed by atoms with van der Waals surface area (Å²) in [7, 11) is 0. The summed E-state index contributed by atoms with van der Waals surface area (Å²) in [6.07, 6.45) is 2.52. The average Bonchev–Trinajstić information content (AvgIpc) is 3.19. The van der Waals surface area contributed by atoms with E-state index in [0.717, 1.165) is 4.57 Å². The Labute approximate surface area is 167 Å². The maximum Gasteiger partial charge on any atom is 0.319 e. The van der Waals surface area contributed by atoms with E-state index in [1.807, 2.05) is 6.92 Å². The number of aliphatic hydroxyl groups is 1. The molecule has 0 radical (unpaired) electrons. The van der Waals surface area contributed by atoms with Crippen molar-refractivity contribution in [3.63, 3.8) is 0 Å². The van der Waals surface area contributed by atoms with Gasteiger partial charge in [-0.05, 0) is 32.9 Å². The van der Waals surface area contributed by atoms with Crippen LogP contribution in [0.25, 0.3) is 0 Å². The Kier molecular flexibility index (Phi) is 8.47. The topological polar surface area (TPSA) is 87.6 Å². The lowest BCUT2D eigenvalue weighted by Gasteiger charge is -2.22. The molecule has 1 unspecified atom stereocenters. The molecule has 0 aliphatic carbocycles. The molecule has 0 aliphatic heterocycles. The van der Waals surface area contributed by atoms with Gasteiger partial charge in [0.05, 0.1) is 6.54 Å². The van der Waals surface area contributed by atoms with Crippen LogP contribution in [0, 0.1) is 6.92 Å². The fourth-order valence-electron chi connectivity index (χ4n) is 2.20. The first-order chi connectivity index (χ1) is 11.8. The number of aryl methyl sites for hydroxylation is 1. The van der Waals surface area contributed by atoms with Crippen molar-refractivity contribution in [2.75, 3.05) is 13.1 Å². The van der Waals surface area contributed by atoms with Crippen molar-refractivity contribution in [2.24, 2.45) is 4.99 Å². The second kappa shape index (κ2) is 9.86. The molecule has 7 nitrogen and oxygen atoms in total. The van der Waals surface area contributed by atoms with Crippen molar-refractivity contribution in [1.82, 2.24) is 20.2 Å². The zero-order valence-corrected chi connectivity index (χ0v) is 17.2. The number of aliphatic imine (C=N–C) groups is 1. The number of hydrogen-bond donors (Lipinski definition) is 3. The zero-order chi connectivity index (χ0) is 18.4. The van der Waals surface area contributed by atoms with Crippen molar-refractivity contribution in [1.29, 1.82) is 0 Å². The highest BCUT2D eigenvalue weighted by atomic mass is 127. The van der Waals surface area contributed by atoms with Gasteiger partial charge in [0.25, 0.3) is 0 Å². The van der Waals surface area contributed by atoms with Gasteiger partial charge in [-0.25, -0.2) is 9.98 Å². The van der Waals surface area contributed by atoms with Gasteiger partial charge in [0.2, 0.25) is 0 Å². The smallest absolute Gasteiger partial charge is 0.319 e. The SMILES string of the molecule is CCNC(=NCc1nccn1C(F)F)NCC(C)(O)c1ccc(C)o1.I. The maximum atomic E-state index is 12.8. The molecule has 146 valence electrons. The van der Waals surface area contributed by atoms with Crippen molar-refractivity contribution in [2.45, 2.75) is 39.5 Å². The van der Waals surface area contributed by atoms with Crippen LogP contribution in [0.1, 0.15) is 37.7 Å². The Morgan fingerprint density at radius 3 is 2.73 bits per heavy atom. The second-order valence-electron chi connectivity index (χ2n) is 5.76. The lowest BCUT2D eigenvalue weighted by Crippen LogP contribution is -2.44. The highest BCUT2D eigenvalue weighted by molar-refractivity contribution is 14.0. The molecule has 2 rings (SSSR count). The van der Waals surface area contributed by atoms with E-state index in [1.165, 1.54) is 12.4 Å². The zero-order valence-electron chi connectivity index (χ0n) is 14.9. The second-order valence-corrected chi connectivity index (χ2v) is 5.76. The Bertz CT molecular complexity index is 715. The van der Waals surface area contributed by atoms with Crippen LogP contribution in [0.5, 0.6) is 0 Å². The van der Waals surface area contributed by atoms with Gasteiger partial charge in [0.15, 0.2) is 5.96 Å². The summed E-state index contributed by atoms with van der Waals surface area (Å²) >= 11 is 0. The van der Waals surface area contributed by atoms with Crippen LogP contribution in [0.4, 0.5) is 8.78 Å². The number of rotatable bonds is 7. The Hall–Kier alpha value is -1.69. The van der Waals surface area contributed by atoms with Gasteiger partial charge in [0, 0.05) is 18.9 Å². The van der Waals surface area contributed by atoms with E-state index in [1.54, 1.807) is 26.0 Å². The number of guanidine groups is 1. The number of alkyl halides is 2. The number of nitrogens with one attached hydrogen (secondary N) is 2. The van der Waals surface area contributed by atoms with Gasteiger partial charge in [-0.1, -0.05) is 0 Å². The molecule has 0 bridgehead atoms. The number of furan rings is 1. The monoisotopic (exact) mass is 483 g/mol. The molecule has 2 aromatic heterocycles. The molecule has 0 amide bonds. The fourth-order valence-corrected chi connectivity index (χ4v) is 2.20. The summed E-state index contributed by atoms with van der Waals surface area (Å²) in [5, 5.41) is 16.5. The van der Waals surface area contributed by atoms with E-state index in [2.05, 4.69) is 20.6 Å². The molecular formula is C16H24F2IN5O2. The van der Waals surface area contributed by atoms with Crippen LogP contribution in [0.15, 0.2) is 33.9 Å². The Balaban J connectivity index is 0.00000338. The van der Waals surface area contributed by atoms with Crippen LogP contribution >= 0.6 is 24.0 Å². The van der Waals surface area contributed by atoms with Gasteiger partial charge in [-0.15, -0.1) is 24.0 Å². The van der Waals surface area contributed by atoms with E-state index >= 15 is 0 Å². The van der Waals surface area contributed by atoms with Crippen LogP contribution in [-0.2, 0) is 12.1 Å². The van der Waals surface area contributed by atoms with E-state index in [4.69, 9.17) is 4.42 Å². The lowest BCUT2D eigenvalue weighted by atomic mass is 10.0. The molecule has 26 heavy (non-hydrogen) atoms. The summed E-state index contributed by atoms with van der Waals surface area (Å²) < 4.78 is 31.9. The van der Waals surface area contributed by atoms with Gasteiger partial charge < -0.3 is 20.2 Å². The minimum atomic E-state index is -2.66. The lowest BCUT2D eigenvalue weighted by molar-refractivity contribution is 0.0378. The molecule has 0 spiro atoms. The van der Waals surface area contributed by atoms with Gasteiger partial charge in [0.1, 0.15) is 29.5 Å². The summed E-state index contributed by atoms with van der Waals surface area (Å²) in [4.78, 5) is 8.12. The molecule has 1 atom stereocenters. The van der Waals surface area contributed by atoms with Crippen LogP contribution in [-0.4, -0.2) is 33.7 Å². The van der Waals surface area contributed by atoms with Crippen LogP contribution in [0.3, 0.4) is 0 Å². The normalized spacial score (nSPS) is 14.0. The van der Waals surface area contributed by atoms with Gasteiger partial charge in [-0.3, -0.25) is 4.57 Å². The van der Waals surface area contributed by atoms with E-state index in [9.17, 15) is 13.9 Å². The molecule has 0 saturated heterocycles. The largest absolute Gasteiger partial charge is 0.463 e.